The predicted octanol–water partition coefficient (Wildman–Crippen LogP) is 3.17. The van der Waals surface area contributed by atoms with Gasteiger partial charge < -0.3 is 5.32 Å². The highest BCUT2D eigenvalue weighted by Crippen LogP contribution is 2.33. The second-order valence-electron chi connectivity index (χ2n) is 5.37. The van der Waals surface area contributed by atoms with E-state index in [9.17, 15) is 18.0 Å². The molecule has 0 aromatic heterocycles. The molecular formula is C16H12Cl2N2O4S. The Morgan fingerprint density at radius 1 is 1.12 bits per heavy atom. The highest BCUT2D eigenvalue weighted by atomic mass is 35.5. The Hall–Kier alpha value is -2.09. The molecule has 0 bridgehead atoms. The van der Waals surface area contributed by atoms with E-state index in [-0.39, 0.29) is 26.2 Å². The van der Waals surface area contributed by atoms with Crippen LogP contribution in [0.15, 0.2) is 47.4 Å². The van der Waals surface area contributed by atoms with E-state index < -0.39 is 27.9 Å². The Morgan fingerprint density at radius 2 is 1.80 bits per heavy atom. The smallest absolute Gasteiger partial charge is 0.269 e. The number of fused-ring (bicyclic) bond motifs is 1. The number of sulfonamides is 1. The first kappa shape index (κ1) is 17.7. The van der Waals surface area contributed by atoms with Crippen LogP contribution in [0.5, 0.6) is 0 Å². The van der Waals surface area contributed by atoms with Crippen molar-refractivity contribution in [3.05, 3.63) is 58.1 Å². The number of carbonyl (C=O) groups is 2. The highest BCUT2D eigenvalue weighted by molar-refractivity contribution is 7.90. The molecule has 0 aliphatic carbocycles. The van der Waals surface area contributed by atoms with Crippen molar-refractivity contribution in [2.45, 2.75) is 17.9 Å². The zero-order valence-corrected chi connectivity index (χ0v) is 15.2. The molecule has 1 N–H and O–H groups in total. The van der Waals surface area contributed by atoms with Crippen molar-refractivity contribution < 1.29 is 18.0 Å². The first-order chi connectivity index (χ1) is 11.7. The highest BCUT2D eigenvalue weighted by Gasteiger charge is 2.45. The maximum atomic E-state index is 12.6. The van der Waals surface area contributed by atoms with Crippen LogP contribution in [0.25, 0.3) is 0 Å². The van der Waals surface area contributed by atoms with Gasteiger partial charge in [-0.05, 0) is 31.2 Å². The fourth-order valence-electron chi connectivity index (χ4n) is 2.53. The third kappa shape index (κ3) is 2.88. The summed E-state index contributed by atoms with van der Waals surface area (Å²) in [6.07, 6.45) is 0. The lowest BCUT2D eigenvalue weighted by Gasteiger charge is -2.22. The van der Waals surface area contributed by atoms with Gasteiger partial charge in [0.15, 0.2) is 0 Å². The van der Waals surface area contributed by atoms with Gasteiger partial charge in [0.05, 0.1) is 21.3 Å². The van der Waals surface area contributed by atoms with E-state index in [1.807, 2.05) is 0 Å². The number of nitrogens with zero attached hydrogens (tertiary/aromatic N) is 1. The molecule has 3 rings (SSSR count). The molecule has 1 aliphatic heterocycles. The van der Waals surface area contributed by atoms with Crippen LogP contribution in [-0.4, -0.2) is 30.6 Å². The van der Waals surface area contributed by atoms with Gasteiger partial charge in [0.1, 0.15) is 10.9 Å². The maximum absolute atomic E-state index is 12.6. The van der Waals surface area contributed by atoms with E-state index in [1.54, 1.807) is 18.2 Å². The number of benzene rings is 2. The van der Waals surface area contributed by atoms with E-state index in [0.29, 0.717) is 4.31 Å². The Kier molecular flexibility index (Phi) is 4.49. The zero-order valence-electron chi connectivity index (χ0n) is 12.9. The van der Waals surface area contributed by atoms with Crippen LogP contribution in [-0.2, 0) is 14.8 Å². The summed E-state index contributed by atoms with van der Waals surface area (Å²) in [6.45, 7) is 1.33. The molecule has 1 heterocycles. The summed E-state index contributed by atoms with van der Waals surface area (Å²) in [5, 5.41) is 2.87. The topological polar surface area (TPSA) is 83.6 Å². The van der Waals surface area contributed by atoms with Crippen LogP contribution in [0, 0.1) is 0 Å². The van der Waals surface area contributed by atoms with Crippen molar-refractivity contribution in [2.24, 2.45) is 0 Å². The Bertz CT molecular complexity index is 991. The summed E-state index contributed by atoms with van der Waals surface area (Å²) in [5.74, 6) is -1.44. The van der Waals surface area contributed by atoms with Gasteiger partial charge in [-0.2, -0.15) is 0 Å². The van der Waals surface area contributed by atoms with Crippen molar-refractivity contribution in [3.63, 3.8) is 0 Å². The van der Waals surface area contributed by atoms with Crippen molar-refractivity contribution in [1.82, 2.24) is 4.31 Å². The number of hydrogen-bond acceptors (Lipinski definition) is 4. The van der Waals surface area contributed by atoms with Gasteiger partial charge in [0.2, 0.25) is 5.91 Å². The largest absolute Gasteiger partial charge is 0.323 e. The molecule has 2 amide bonds. The van der Waals surface area contributed by atoms with Gasteiger partial charge >= 0.3 is 0 Å². The van der Waals surface area contributed by atoms with Crippen molar-refractivity contribution in [3.8, 4) is 0 Å². The number of nitrogens with one attached hydrogen (secondary N) is 1. The lowest BCUT2D eigenvalue weighted by molar-refractivity contribution is -0.118. The summed E-state index contributed by atoms with van der Waals surface area (Å²) in [4.78, 5) is 24.8. The van der Waals surface area contributed by atoms with E-state index >= 15 is 0 Å². The fourth-order valence-corrected chi connectivity index (χ4v) is 4.60. The normalized spacial score (nSPS) is 16.4. The fraction of sp³-hybridized carbons (Fsp3) is 0.125. The first-order valence-corrected chi connectivity index (χ1v) is 9.37. The Morgan fingerprint density at radius 3 is 2.48 bits per heavy atom. The number of amides is 2. The molecule has 0 fully saturated rings. The molecule has 2 aromatic rings. The molecule has 0 radical (unpaired) electrons. The van der Waals surface area contributed by atoms with Crippen LogP contribution in [0.1, 0.15) is 17.3 Å². The van der Waals surface area contributed by atoms with Gasteiger partial charge in [0, 0.05) is 0 Å². The molecule has 0 unspecified atom stereocenters. The summed E-state index contributed by atoms with van der Waals surface area (Å²) < 4.78 is 25.8. The molecule has 6 nitrogen and oxygen atoms in total. The van der Waals surface area contributed by atoms with Gasteiger partial charge in [-0.3, -0.25) is 9.59 Å². The van der Waals surface area contributed by atoms with Crippen LogP contribution >= 0.6 is 23.2 Å². The maximum Gasteiger partial charge on any atom is 0.269 e. The van der Waals surface area contributed by atoms with E-state index in [2.05, 4.69) is 5.32 Å². The molecular weight excluding hydrogens is 387 g/mol. The van der Waals surface area contributed by atoms with Crippen LogP contribution < -0.4 is 5.32 Å². The average molecular weight is 399 g/mol. The van der Waals surface area contributed by atoms with Crippen molar-refractivity contribution in [2.75, 3.05) is 5.32 Å². The third-order valence-corrected chi connectivity index (χ3v) is 6.53. The molecule has 1 atom stereocenters. The second kappa shape index (κ2) is 6.33. The standard InChI is InChI=1S/C16H12Cl2N2O4S/c1-9(15(21)19-12-7-4-6-11(17)14(12)18)20-16(22)10-5-2-3-8-13(10)25(20,23)24/h2-9H,1H3,(H,19,21)/t9-/m0/s1. The first-order valence-electron chi connectivity index (χ1n) is 7.18. The molecule has 2 aromatic carbocycles. The van der Waals surface area contributed by atoms with Crippen LogP contribution in [0.3, 0.4) is 0 Å². The Balaban J connectivity index is 1.91. The molecule has 0 saturated carbocycles. The molecule has 25 heavy (non-hydrogen) atoms. The lowest BCUT2D eigenvalue weighted by atomic mass is 10.2. The number of anilines is 1. The van der Waals surface area contributed by atoms with Gasteiger partial charge in [-0.25, -0.2) is 12.7 Å². The minimum Gasteiger partial charge on any atom is -0.323 e. The predicted molar refractivity (Wildman–Crippen MR) is 94.4 cm³/mol. The molecule has 1 aliphatic rings. The molecule has 130 valence electrons. The summed E-state index contributed by atoms with van der Waals surface area (Å²) in [7, 11) is -4.09. The summed E-state index contributed by atoms with van der Waals surface area (Å²) >= 11 is 11.9. The average Bonchev–Trinajstić information content (AvgIpc) is 2.78. The SMILES string of the molecule is C[C@@H](C(=O)Nc1cccc(Cl)c1Cl)N1C(=O)c2ccccc2S1(=O)=O. The van der Waals surface area contributed by atoms with Crippen LogP contribution in [0.2, 0.25) is 10.0 Å². The summed E-state index contributed by atoms with van der Waals surface area (Å²) in [5.41, 5.74) is 0.274. The number of hydrogen-bond donors (Lipinski definition) is 1. The van der Waals surface area contributed by atoms with E-state index in [4.69, 9.17) is 23.2 Å². The van der Waals surface area contributed by atoms with Crippen LogP contribution in [0.4, 0.5) is 5.69 Å². The summed E-state index contributed by atoms with van der Waals surface area (Å²) in [6, 6.07) is 9.22. The van der Waals surface area contributed by atoms with E-state index in [1.165, 1.54) is 31.2 Å². The minimum absolute atomic E-state index is 0.0444. The third-order valence-electron chi connectivity index (χ3n) is 3.80. The lowest BCUT2D eigenvalue weighted by Crippen LogP contribution is -2.45. The number of halogens is 2. The number of rotatable bonds is 3. The van der Waals surface area contributed by atoms with Crippen molar-refractivity contribution >= 4 is 50.7 Å². The van der Waals surface area contributed by atoms with Gasteiger partial charge in [0.25, 0.3) is 15.9 Å². The zero-order chi connectivity index (χ0) is 18.4. The quantitative estimate of drug-likeness (QED) is 0.860. The molecule has 9 heteroatoms. The van der Waals surface area contributed by atoms with Gasteiger partial charge in [-0.1, -0.05) is 41.4 Å². The molecule has 0 spiro atoms. The Labute approximate surface area is 154 Å². The van der Waals surface area contributed by atoms with Crippen molar-refractivity contribution in [1.29, 1.82) is 0 Å². The second-order valence-corrected chi connectivity index (χ2v) is 7.94. The minimum atomic E-state index is -4.09. The number of carbonyl (C=O) groups excluding carboxylic acids is 2. The van der Waals surface area contributed by atoms with Gasteiger partial charge in [-0.15, -0.1) is 0 Å². The molecule has 0 saturated heterocycles. The monoisotopic (exact) mass is 398 g/mol. The van der Waals surface area contributed by atoms with E-state index in [0.717, 1.165) is 0 Å².